The molecule has 0 aromatic heterocycles. The summed E-state index contributed by atoms with van der Waals surface area (Å²) in [5, 5.41) is 36.9. The van der Waals surface area contributed by atoms with E-state index >= 15 is 0 Å². The van der Waals surface area contributed by atoms with Gasteiger partial charge in [-0.25, -0.2) is 0 Å². The zero-order chi connectivity index (χ0) is 21.2. The average molecular weight is 429 g/mol. The van der Waals surface area contributed by atoms with Crippen LogP contribution in [0.3, 0.4) is 0 Å². The van der Waals surface area contributed by atoms with E-state index in [2.05, 4.69) is 0 Å². The molecule has 0 saturated carbocycles. The number of carboxylic acid groups (broad SMARTS) is 4. The second-order valence-corrected chi connectivity index (χ2v) is 6.84. The predicted octanol–water partition coefficient (Wildman–Crippen LogP) is 2.66. The summed E-state index contributed by atoms with van der Waals surface area (Å²) in [6.45, 7) is 0. The Kier molecular flexibility index (Phi) is 6.48. The lowest BCUT2D eigenvalue weighted by Crippen LogP contribution is -2.11. The Bertz CT molecular complexity index is 936. The van der Waals surface area contributed by atoms with Gasteiger partial charge in [0.2, 0.25) is 0 Å². The standard InChI is InChI=1S/C18H14Cl2O8/c19-11-1-7(3-13(21)22)17-8(4-14(23)24)2-12(20)10(6-16(27)28)18(17)9(11)5-15(25)26/h1-2H,3-6H2,(H,21,22)(H,23,24)(H,25,26)(H,27,28). The monoisotopic (exact) mass is 428 g/mol. The zero-order valence-electron chi connectivity index (χ0n) is 14.2. The molecule has 0 aliphatic rings. The highest BCUT2D eigenvalue weighted by Crippen LogP contribution is 2.39. The normalized spacial score (nSPS) is 10.8. The van der Waals surface area contributed by atoms with E-state index in [1.807, 2.05) is 0 Å². The molecule has 2 rings (SSSR count). The van der Waals surface area contributed by atoms with Crippen molar-refractivity contribution in [3.05, 3.63) is 44.4 Å². The molecule has 2 aromatic rings. The molecule has 0 radical (unpaired) electrons. The van der Waals surface area contributed by atoms with Crippen molar-refractivity contribution in [2.75, 3.05) is 0 Å². The minimum Gasteiger partial charge on any atom is -0.481 e. The van der Waals surface area contributed by atoms with Gasteiger partial charge in [-0.05, 0) is 45.2 Å². The van der Waals surface area contributed by atoms with E-state index in [-0.39, 0.29) is 43.1 Å². The first-order valence-electron chi connectivity index (χ1n) is 7.82. The Morgan fingerprint density at radius 3 is 1.21 bits per heavy atom. The third kappa shape index (κ3) is 4.71. The van der Waals surface area contributed by atoms with E-state index in [0.29, 0.717) is 0 Å². The third-order valence-corrected chi connectivity index (χ3v) is 4.69. The Hall–Kier alpha value is -2.84. The summed E-state index contributed by atoms with van der Waals surface area (Å²) in [5.74, 6) is -4.95. The zero-order valence-corrected chi connectivity index (χ0v) is 15.7. The first-order chi connectivity index (χ1) is 13.0. The highest BCUT2D eigenvalue weighted by molar-refractivity contribution is 6.35. The predicted molar refractivity (Wildman–Crippen MR) is 99.3 cm³/mol. The highest BCUT2D eigenvalue weighted by Gasteiger charge is 2.24. The maximum atomic E-state index is 11.3. The lowest BCUT2D eigenvalue weighted by atomic mass is 9.87. The summed E-state index contributed by atoms with van der Waals surface area (Å²) in [6, 6.07) is 2.53. The van der Waals surface area contributed by atoms with E-state index in [1.165, 1.54) is 12.1 Å². The molecule has 28 heavy (non-hydrogen) atoms. The Balaban J connectivity index is 3.07. The molecule has 0 unspecified atom stereocenters. The fraction of sp³-hybridized carbons (Fsp3) is 0.222. The van der Waals surface area contributed by atoms with E-state index in [0.717, 1.165) is 0 Å². The van der Waals surface area contributed by atoms with Crippen molar-refractivity contribution in [1.82, 2.24) is 0 Å². The molecule has 0 aliphatic carbocycles. The number of hydrogen-bond acceptors (Lipinski definition) is 4. The molecule has 0 aliphatic heterocycles. The van der Waals surface area contributed by atoms with Gasteiger partial charge in [0.25, 0.3) is 0 Å². The number of aliphatic carboxylic acids is 4. The highest BCUT2D eigenvalue weighted by atomic mass is 35.5. The molecule has 0 heterocycles. The minimum atomic E-state index is -1.25. The topological polar surface area (TPSA) is 149 Å². The molecule has 0 amide bonds. The summed E-state index contributed by atoms with van der Waals surface area (Å²) < 4.78 is 0. The fourth-order valence-corrected chi connectivity index (χ4v) is 3.71. The summed E-state index contributed by atoms with van der Waals surface area (Å²) >= 11 is 12.4. The van der Waals surface area contributed by atoms with Crippen molar-refractivity contribution < 1.29 is 39.6 Å². The maximum Gasteiger partial charge on any atom is 0.307 e. The van der Waals surface area contributed by atoms with Crippen LogP contribution in [-0.2, 0) is 44.9 Å². The molecular formula is C18H14Cl2O8. The van der Waals surface area contributed by atoms with Crippen molar-refractivity contribution in [3.8, 4) is 0 Å². The number of halogens is 2. The van der Waals surface area contributed by atoms with Gasteiger partial charge in [0.1, 0.15) is 0 Å². The first-order valence-corrected chi connectivity index (χ1v) is 8.58. The second kappa shape index (κ2) is 8.45. The van der Waals surface area contributed by atoms with E-state index < -0.39 is 49.6 Å². The van der Waals surface area contributed by atoms with Crippen LogP contribution in [0.25, 0.3) is 10.8 Å². The summed E-state index contributed by atoms with van der Waals surface area (Å²) in [6.07, 6.45) is -2.21. The average Bonchev–Trinajstić information content (AvgIpc) is 2.51. The van der Waals surface area contributed by atoms with Crippen LogP contribution in [0.2, 0.25) is 10.0 Å². The molecule has 0 spiro atoms. The Morgan fingerprint density at radius 1 is 0.607 bits per heavy atom. The molecule has 10 heteroatoms. The quantitative estimate of drug-likeness (QED) is 0.500. The van der Waals surface area contributed by atoms with Gasteiger partial charge in [0.15, 0.2) is 0 Å². The van der Waals surface area contributed by atoms with Crippen molar-refractivity contribution >= 4 is 57.9 Å². The minimum absolute atomic E-state index is 0.0451. The Morgan fingerprint density at radius 2 is 0.929 bits per heavy atom. The molecule has 8 nitrogen and oxygen atoms in total. The van der Waals surface area contributed by atoms with Crippen molar-refractivity contribution in [3.63, 3.8) is 0 Å². The lowest BCUT2D eigenvalue weighted by molar-refractivity contribution is -0.137. The third-order valence-electron chi connectivity index (χ3n) is 4.01. The largest absolute Gasteiger partial charge is 0.481 e. The number of carboxylic acids is 4. The fourth-order valence-electron chi connectivity index (χ4n) is 3.13. The van der Waals surface area contributed by atoms with Crippen LogP contribution in [0.4, 0.5) is 0 Å². The van der Waals surface area contributed by atoms with Gasteiger partial charge in [-0.3, -0.25) is 19.2 Å². The van der Waals surface area contributed by atoms with Gasteiger partial charge in [0, 0.05) is 10.0 Å². The molecular weight excluding hydrogens is 415 g/mol. The van der Waals surface area contributed by atoms with Crippen molar-refractivity contribution in [2.24, 2.45) is 0 Å². The van der Waals surface area contributed by atoms with Crippen LogP contribution < -0.4 is 0 Å². The molecule has 0 saturated heterocycles. The second-order valence-electron chi connectivity index (χ2n) is 6.02. The first kappa shape index (κ1) is 21.5. The Labute approximate surface area is 167 Å². The van der Waals surface area contributed by atoms with E-state index in [9.17, 15) is 39.6 Å². The molecule has 0 fully saturated rings. The van der Waals surface area contributed by atoms with Crippen LogP contribution in [-0.4, -0.2) is 44.3 Å². The summed E-state index contributed by atoms with van der Waals surface area (Å²) in [7, 11) is 0. The summed E-state index contributed by atoms with van der Waals surface area (Å²) in [5.41, 5.74) is 0.370. The van der Waals surface area contributed by atoms with Gasteiger partial charge in [0.05, 0.1) is 25.7 Å². The number of rotatable bonds is 8. The molecule has 4 N–H and O–H groups in total. The SMILES string of the molecule is O=C(O)Cc1cc(Cl)c(CC(=O)O)c2c(CC(=O)O)c(Cl)cc(CC(=O)O)c12. The van der Waals surface area contributed by atoms with Crippen LogP contribution in [0, 0.1) is 0 Å². The van der Waals surface area contributed by atoms with Crippen LogP contribution >= 0.6 is 23.2 Å². The van der Waals surface area contributed by atoms with Crippen molar-refractivity contribution in [2.45, 2.75) is 25.7 Å². The number of carbonyl (C=O) groups is 4. The smallest absolute Gasteiger partial charge is 0.307 e. The van der Waals surface area contributed by atoms with Crippen molar-refractivity contribution in [1.29, 1.82) is 0 Å². The van der Waals surface area contributed by atoms with Gasteiger partial charge in [-0.2, -0.15) is 0 Å². The van der Waals surface area contributed by atoms with Crippen LogP contribution in [0.5, 0.6) is 0 Å². The number of hydrogen-bond donors (Lipinski definition) is 4. The van der Waals surface area contributed by atoms with Gasteiger partial charge < -0.3 is 20.4 Å². The maximum absolute atomic E-state index is 11.3. The van der Waals surface area contributed by atoms with Gasteiger partial charge in [-0.15, -0.1) is 0 Å². The molecule has 0 bridgehead atoms. The molecule has 148 valence electrons. The number of fused-ring (bicyclic) bond motifs is 1. The number of benzene rings is 2. The van der Waals surface area contributed by atoms with E-state index in [1.54, 1.807) is 0 Å². The lowest BCUT2D eigenvalue weighted by Gasteiger charge is -2.19. The van der Waals surface area contributed by atoms with E-state index in [4.69, 9.17) is 23.2 Å². The van der Waals surface area contributed by atoms with Crippen LogP contribution in [0.15, 0.2) is 12.1 Å². The van der Waals surface area contributed by atoms with Gasteiger partial charge in [-0.1, -0.05) is 23.2 Å². The molecule has 0 atom stereocenters. The van der Waals surface area contributed by atoms with Gasteiger partial charge >= 0.3 is 23.9 Å². The molecule has 2 aromatic carbocycles. The van der Waals surface area contributed by atoms with Crippen LogP contribution in [0.1, 0.15) is 22.3 Å². The summed E-state index contributed by atoms with van der Waals surface area (Å²) in [4.78, 5) is 45.2.